The molecule has 2 aliphatic heterocycles. The van der Waals surface area contributed by atoms with Crippen molar-refractivity contribution in [2.75, 3.05) is 6.79 Å². The molecule has 2 aliphatic rings. The zero-order valence-corrected chi connectivity index (χ0v) is 14.5. The second-order valence-corrected chi connectivity index (χ2v) is 6.40. The minimum atomic E-state index is -0.492. The van der Waals surface area contributed by atoms with E-state index in [9.17, 15) is 10.4 Å². The van der Waals surface area contributed by atoms with Crippen LogP contribution >= 0.6 is 0 Å². The van der Waals surface area contributed by atoms with Crippen LogP contribution in [0.15, 0.2) is 53.9 Å². The number of aromatic nitrogens is 2. The van der Waals surface area contributed by atoms with Crippen LogP contribution in [0.1, 0.15) is 17.0 Å². The molecular weight excluding hydrogens is 360 g/mol. The summed E-state index contributed by atoms with van der Waals surface area (Å²) < 4.78 is 16.4. The predicted octanol–water partition coefficient (Wildman–Crippen LogP) is 2.73. The van der Waals surface area contributed by atoms with Gasteiger partial charge < -0.3 is 25.1 Å². The summed E-state index contributed by atoms with van der Waals surface area (Å²) in [7, 11) is 0. The van der Waals surface area contributed by atoms with Gasteiger partial charge in [0.15, 0.2) is 11.5 Å². The largest absolute Gasteiger partial charge is 0.508 e. The molecule has 0 saturated heterocycles. The molecule has 0 saturated carbocycles. The van der Waals surface area contributed by atoms with Crippen LogP contribution in [0.4, 0.5) is 0 Å². The van der Waals surface area contributed by atoms with Crippen LogP contribution in [0, 0.1) is 11.3 Å². The predicted molar refractivity (Wildman–Crippen MR) is 97.6 cm³/mol. The Morgan fingerprint density at radius 2 is 1.93 bits per heavy atom. The third kappa shape index (κ3) is 2.34. The summed E-state index contributed by atoms with van der Waals surface area (Å²) in [4.78, 5) is 0. The van der Waals surface area contributed by atoms with Crippen molar-refractivity contribution in [3.63, 3.8) is 0 Å². The highest BCUT2D eigenvalue weighted by Crippen LogP contribution is 2.47. The quantitative estimate of drug-likeness (QED) is 0.629. The van der Waals surface area contributed by atoms with Gasteiger partial charge in [-0.15, -0.1) is 5.10 Å². The second-order valence-electron chi connectivity index (χ2n) is 6.40. The molecule has 1 atom stereocenters. The van der Waals surface area contributed by atoms with Crippen molar-refractivity contribution in [3.8, 4) is 40.5 Å². The van der Waals surface area contributed by atoms with Crippen molar-refractivity contribution >= 4 is 0 Å². The first-order valence-corrected chi connectivity index (χ1v) is 8.50. The van der Waals surface area contributed by atoms with E-state index in [1.165, 1.54) is 0 Å². The Hall–Kier alpha value is -4.12. The molecule has 0 bridgehead atoms. The van der Waals surface area contributed by atoms with E-state index in [4.69, 9.17) is 19.9 Å². The highest BCUT2D eigenvalue weighted by atomic mass is 16.7. The molecule has 0 aliphatic carbocycles. The molecular formula is C20H14N4O4. The maximum Gasteiger partial charge on any atom is 0.244 e. The minimum absolute atomic E-state index is 0.0109. The van der Waals surface area contributed by atoms with Crippen molar-refractivity contribution in [1.29, 1.82) is 5.26 Å². The zero-order valence-electron chi connectivity index (χ0n) is 14.5. The molecule has 4 N–H and O–H groups in total. The second kappa shape index (κ2) is 5.96. The topological polar surface area (TPSA) is 126 Å². The molecule has 8 nitrogen and oxygen atoms in total. The SMILES string of the molecule is N#CC1=C(N)Oc2n[nH]c(-c3ccc4c(c3)OCO4)c2[C@@H]1c1ccc(O)cc1. The summed E-state index contributed by atoms with van der Waals surface area (Å²) in [5, 5.41) is 26.6. The van der Waals surface area contributed by atoms with Crippen LogP contribution < -0.4 is 19.9 Å². The first kappa shape index (κ1) is 16.1. The summed E-state index contributed by atoms with van der Waals surface area (Å²) >= 11 is 0. The van der Waals surface area contributed by atoms with Crippen LogP contribution in [0.25, 0.3) is 11.3 Å². The van der Waals surface area contributed by atoms with Gasteiger partial charge in [-0.1, -0.05) is 12.1 Å². The van der Waals surface area contributed by atoms with Crippen LogP contribution in [0.3, 0.4) is 0 Å². The average molecular weight is 374 g/mol. The summed E-state index contributed by atoms with van der Waals surface area (Å²) in [5.41, 5.74) is 9.23. The molecule has 0 fully saturated rings. The van der Waals surface area contributed by atoms with Crippen molar-refractivity contribution in [1.82, 2.24) is 10.2 Å². The number of hydrogen-bond donors (Lipinski definition) is 3. The van der Waals surface area contributed by atoms with Gasteiger partial charge in [0.2, 0.25) is 18.6 Å². The van der Waals surface area contributed by atoms with E-state index in [0.717, 1.165) is 11.1 Å². The first-order chi connectivity index (χ1) is 13.7. The monoisotopic (exact) mass is 374 g/mol. The van der Waals surface area contributed by atoms with Gasteiger partial charge in [0.25, 0.3) is 0 Å². The van der Waals surface area contributed by atoms with E-state index in [0.29, 0.717) is 28.6 Å². The molecule has 3 heterocycles. The number of phenolic OH excluding ortho intramolecular Hbond substituents is 1. The van der Waals surface area contributed by atoms with Gasteiger partial charge in [0.1, 0.15) is 17.4 Å². The molecule has 3 aromatic rings. The lowest BCUT2D eigenvalue weighted by Crippen LogP contribution is -2.20. The lowest BCUT2D eigenvalue weighted by Gasteiger charge is -2.24. The fourth-order valence-electron chi connectivity index (χ4n) is 3.52. The molecule has 28 heavy (non-hydrogen) atoms. The van der Waals surface area contributed by atoms with Crippen molar-refractivity contribution < 1.29 is 19.3 Å². The lowest BCUT2D eigenvalue weighted by atomic mass is 9.83. The van der Waals surface area contributed by atoms with Gasteiger partial charge in [0.05, 0.1) is 17.2 Å². The number of nitrogens with zero attached hydrogens (tertiary/aromatic N) is 2. The van der Waals surface area contributed by atoms with Gasteiger partial charge in [-0.05, 0) is 35.9 Å². The molecule has 8 heteroatoms. The van der Waals surface area contributed by atoms with Gasteiger partial charge in [-0.2, -0.15) is 5.26 Å². The summed E-state index contributed by atoms with van der Waals surface area (Å²) in [6, 6.07) is 14.3. The molecule has 0 radical (unpaired) electrons. The van der Waals surface area contributed by atoms with E-state index < -0.39 is 5.92 Å². The Kier molecular flexibility index (Phi) is 3.42. The summed E-state index contributed by atoms with van der Waals surface area (Å²) in [6.45, 7) is 0.178. The Morgan fingerprint density at radius 1 is 1.14 bits per heavy atom. The van der Waals surface area contributed by atoms with Gasteiger partial charge in [-0.3, -0.25) is 5.10 Å². The number of nitriles is 1. The summed E-state index contributed by atoms with van der Waals surface area (Å²) in [5.74, 6) is 1.27. The third-order valence-corrected chi connectivity index (χ3v) is 4.83. The number of fused-ring (bicyclic) bond motifs is 2. The lowest BCUT2D eigenvalue weighted by molar-refractivity contribution is 0.174. The van der Waals surface area contributed by atoms with Crippen LogP contribution in [-0.2, 0) is 0 Å². The molecule has 138 valence electrons. The van der Waals surface area contributed by atoms with E-state index in [-0.39, 0.29) is 24.0 Å². The fourth-order valence-corrected chi connectivity index (χ4v) is 3.52. The number of aromatic hydroxyl groups is 1. The number of H-pyrrole nitrogens is 1. The standard InChI is InChI=1S/C20H14N4O4/c21-8-13-16(10-1-4-12(25)5-2-10)17-18(23-24-20(17)28-19(13)22)11-3-6-14-15(7-11)27-9-26-14/h1-7,16,25H,9,22H2,(H,23,24)/t16-/m1/s1. The molecule has 2 aromatic carbocycles. The normalized spacial score (nSPS) is 17.0. The number of benzene rings is 2. The van der Waals surface area contributed by atoms with Crippen LogP contribution in [0.2, 0.25) is 0 Å². The van der Waals surface area contributed by atoms with E-state index >= 15 is 0 Å². The Labute approximate surface area is 159 Å². The number of phenols is 1. The molecule has 5 rings (SSSR count). The van der Waals surface area contributed by atoms with E-state index in [1.54, 1.807) is 24.3 Å². The number of rotatable bonds is 2. The van der Waals surface area contributed by atoms with Crippen molar-refractivity contribution in [2.45, 2.75) is 5.92 Å². The molecule has 0 amide bonds. The Balaban J connectivity index is 1.70. The van der Waals surface area contributed by atoms with Crippen LogP contribution in [-0.4, -0.2) is 22.1 Å². The zero-order chi connectivity index (χ0) is 19.3. The number of aromatic amines is 1. The van der Waals surface area contributed by atoms with E-state index in [1.807, 2.05) is 18.2 Å². The summed E-state index contributed by atoms with van der Waals surface area (Å²) in [6.07, 6.45) is 0. The Morgan fingerprint density at radius 3 is 2.71 bits per heavy atom. The highest BCUT2D eigenvalue weighted by molar-refractivity contribution is 5.73. The fraction of sp³-hybridized carbons (Fsp3) is 0.100. The molecule has 0 spiro atoms. The van der Waals surface area contributed by atoms with Gasteiger partial charge in [-0.25, -0.2) is 0 Å². The van der Waals surface area contributed by atoms with Crippen molar-refractivity contribution in [3.05, 3.63) is 65.0 Å². The number of nitrogens with two attached hydrogens (primary N) is 1. The number of ether oxygens (including phenoxy) is 3. The highest BCUT2D eigenvalue weighted by Gasteiger charge is 2.35. The number of nitrogens with one attached hydrogen (secondary N) is 1. The maximum absolute atomic E-state index is 9.71. The van der Waals surface area contributed by atoms with Crippen LogP contribution in [0.5, 0.6) is 23.1 Å². The molecule has 0 unspecified atom stereocenters. The maximum atomic E-state index is 9.71. The van der Waals surface area contributed by atoms with Gasteiger partial charge in [0, 0.05) is 5.56 Å². The number of hydrogen-bond acceptors (Lipinski definition) is 7. The average Bonchev–Trinajstić information content (AvgIpc) is 3.33. The minimum Gasteiger partial charge on any atom is -0.508 e. The van der Waals surface area contributed by atoms with E-state index in [2.05, 4.69) is 16.3 Å². The first-order valence-electron chi connectivity index (χ1n) is 8.50. The molecule has 1 aromatic heterocycles. The van der Waals surface area contributed by atoms with Crippen molar-refractivity contribution in [2.24, 2.45) is 5.73 Å². The Bertz CT molecular complexity index is 1160. The number of allylic oxidation sites excluding steroid dienone is 1. The smallest absolute Gasteiger partial charge is 0.244 e. The van der Waals surface area contributed by atoms with Gasteiger partial charge >= 0.3 is 0 Å². The third-order valence-electron chi connectivity index (χ3n) is 4.83.